The lowest BCUT2D eigenvalue weighted by atomic mass is 9.94. The summed E-state index contributed by atoms with van der Waals surface area (Å²) in [5.74, 6) is 0.0525. The minimum absolute atomic E-state index is 0.247. The van der Waals surface area contributed by atoms with Crippen LogP contribution in [0.3, 0.4) is 0 Å². The monoisotopic (exact) mass is 589 g/mol. The fraction of sp³-hybridized carbons (Fsp3) is 0.250. The molecular formula is C36H40FN7. The van der Waals surface area contributed by atoms with Gasteiger partial charge in [-0.2, -0.15) is 5.10 Å². The van der Waals surface area contributed by atoms with Crippen LogP contribution >= 0.6 is 0 Å². The van der Waals surface area contributed by atoms with Crippen LogP contribution in [0.2, 0.25) is 0 Å². The molecule has 226 valence electrons. The minimum Gasteiger partial charge on any atom is -0.358 e. The number of aromatic nitrogens is 5. The summed E-state index contributed by atoms with van der Waals surface area (Å²) in [4.78, 5) is 15.0. The van der Waals surface area contributed by atoms with Crippen LogP contribution in [-0.2, 0) is 6.42 Å². The molecule has 0 bridgehead atoms. The van der Waals surface area contributed by atoms with E-state index in [0.29, 0.717) is 11.6 Å². The number of halogens is 1. The van der Waals surface area contributed by atoms with Gasteiger partial charge in [0.1, 0.15) is 17.0 Å². The molecule has 8 heteroatoms. The molecule has 0 saturated heterocycles. The first kappa shape index (κ1) is 30.6. The van der Waals surface area contributed by atoms with Gasteiger partial charge < -0.3 is 15.2 Å². The van der Waals surface area contributed by atoms with Gasteiger partial charge in [-0.1, -0.05) is 45.2 Å². The Morgan fingerprint density at radius 1 is 1.11 bits per heavy atom. The topological polar surface area (TPSA) is 85.5 Å². The lowest BCUT2D eigenvalue weighted by molar-refractivity contribution is 0.400. The Morgan fingerprint density at radius 2 is 1.93 bits per heavy atom. The van der Waals surface area contributed by atoms with Gasteiger partial charge in [0.05, 0.1) is 28.8 Å². The molecule has 0 saturated carbocycles. The van der Waals surface area contributed by atoms with E-state index in [1.165, 1.54) is 0 Å². The maximum atomic E-state index is 14.8. The van der Waals surface area contributed by atoms with Crippen molar-refractivity contribution in [2.75, 3.05) is 26.0 Å². The Kier molecular flexibility index (Phi) is 9.20. The second-order valence-corrected chi connectivity index (χ2v) is 11.7. The molecule has 4 aromatic heterocycles. The van der Waals surface area contributed by atoms with Crippen molar-refractivity contribution in [2.24, 2.45) is 5.92 Å². The first-order chi connectivity index (χ1) is 21.1. The molecule has 0 aliphatic rings. The average molecular weight is 590 g/mol. The van der Waals surface area contributed by atoms with E-state index in [9.17, 15) is 4.39 Å². The minimum atomic E-state index is -0.247. The predicted molar refractivity (Wildman–Crippen MR) is 180 cm³/mol. The zero-order chi connectivity index (χ0) is 31.4. The number of fused-ring (bicyclic) bond motifs is 1. The highest BCUT2D eigenvalue weighted by Gasteiger charge is 2.18. The van der Waals surface area contributed by atoms with E-state index in [4.69, 9.17) is 4.98 Å². The zero-order valence-electron chi connectivity index (χ0n) is 26.1. The first-order valence-electron chi connectivity index (χ1n) is 14.9. The molecule has 5 rings (SSSR count). The third kappa shape index (κ3) is 6.87. The van der Waals surface area contributed by atoms with E-state index >= 15 is 0 Å². The summed E-state index contributed by atoms with van der Waals surface area (Å²) in [6.07, 6.45) is 9.00. The molecule has 4 heterocycles. The summed E-state index contributed by atoms with van der Waals surface area (Å²) in [6, 6.07) is 13.3. The fourth-order valence-electron chi connectivity index (χ4n) is 5.20. The summed E-state index contributed by atoms with van der Waals surface area (Å²) >= 11 is 0. The lowest BCUT2D eigenvalue weighted by Gasteiger charge is -2.13. The number of pyridine rings is 2. The molecule has 0 spiro atoms. The van der Waals surface area contributed by atoms with Gasteiger partial charge in [0.2, 0.25) is 0 Å². The van der Waals surface area contributed by atoms with Crippen molar-refractivity contribution in [3.05, 3.63) is 114 Å². The number of benzene rings is 1. The number of allylic oxidation sites excluding steroid dienone is 3. The first-order valence-corrected chi connectivity index (χ1v) is 14.9. The summed E-state index contributed by atoms with van der Waals surface area (Å²) in [5.41, 5.74) is 11.1. The molecule has 5 aromatic rings. The molecule has 3 N–H and O–H groups in total. The second-order valence-electron chi connectivity index (χ2n) is 11.7. The highest BCUT2D eigenvalue weighted by Crippen LogP contribution is 2.34. The summed E-state index contributed by atoms with van der Waals surface area (Å²) in [5, 5.41) is 11.1. The molecule has 0 radical (unpaired) electrons. The number of H-pyrrole nitrogens is 2. The van der Waals surface area contributed by atoms with Crippen molar-refractivity contribution < 1.29 is 4.39 Å². The highest BCUT2D eigenvalue weighted by atomic mass is 19.1. The van der Waals surface area contributed by atoms with Crippen LogP contribution in [0, 0.1) is 18.7 Å². The smallest absolute Gasteiger partial charge is 0.135 e. The molecule has 1 aromatic carbocycles. The zero-order valence-corrected chi connectivity index (χ0v) is 26.1. The number of aromatic amines is 2. The van der Waals surface area contributed by atoms with Crippen LogP contribution in [0.5, 0.6) is 0 Å². The van der Waals surface area contributed by atoms with Gasteiger partial charge in [0.15, 0.2) is 0 Å². The van der Waals surface area contributed by atoms with E-state index in [0.717, 1.165) is 86.7 Å². The standard InChI is InChI=1S/C36H40FN7/c1-8-10-30(26-15-25(16-28(37)17-26)11-9-14-44(6)7)31-19-34(40-24(31)5)36-35-33(42-43-36)13-12-32(41-35)27-18-29(21-38-20-27)39-23(4)22(2)3/h8,10,12-13,15-22,39-40H,1,4,9,11,14H2,2-3,5-7H3,(H,42,43)/b30-10-. The molecule has 7 nitrogen and oxygen atoms in total. The number of hydrogen-bond donors (Lipinski definition) is 3. The van der Waals surface area contributed by atoms with Gasteiger partial charge in [-0.25, -0.2) is 9.37 Å². The van der Waals surface area contributed by atoms with Crippen LogP contribution in [0.15, 0.2) is 85.9 Å². The number of nitrogens with one attached hydrogen (secondary N) is 3. The van der Waals surface area contributed by atoms with Crippen LogP contribution < -0.4 is 5.32 Å². The summed E-state index contributed by atoms with van der Waals surface area (Å²) in [6.45, 7) is 15.2. The van der Waals surface area contributed by atoms with Crippen LogP contribution in [0.1, 0.15) is 42.7 Å². The summed E-state index contributed by atoms with van der Waals surface area (Å²) in [7, 11) is 4.09. The van der Waals surface area contributed by atoms with Crippen molar-refractivity contribution in [1.29, 1.82) is 0 Å². The molecular weight excluding hydrogens is 549 g/mol. The van der Waals surface area contributed by atoms with Crippen molar-refractivity contribution in [3.8, 4) is 22.6 Å². The van der Waals surface area contributed by atoms with Crippen molar-refractivity contribution in [3.63, 3.8) is 0 Å². The fourth-order valence-corrected chi connectivity index (χ4v) is 5.20. The van der Waals surface area contributed by atoms with Crippen LogP contribution in [0.25, 0.3) is 39.3 Å². The molecule has 0 unspecified atom stereocenters. The van der Waals surface area contributed by atoms with Crippen molar-refractivity contribution in [2.45, 2.75) is 33.6 Å². The van der Waals surface area contributed by atoms with Gasteiger partial charge in [-0.3, -0.25) is 10.1 Å². The van der Waals surface area contributed by atoms with Crippen molar-refractivity contribution in [1.82, 2.24) is 30.0 Å². The van der Waals surface area contributed by atoms with Gasteiger partial charge in [0, 0.05) is 28.7 Å². The van der Waals surface area contributed by atoms with E-state index in [-0.39, 0.29) is 5.82 Å². The van der Waals surface area contributed by atoms with E-state index in [1.807, 2.05) is 45.3 Å². The Hall–Kier alpha value is -4.82. The average Bonchev–Trinajstić information content (AvgIpc) is 3.58. The van der Waals surface area contributed by atoms with Gasteiger partial charge in [0.25, 0.3) is 0 Å². The lowest BCUT2D eigenvalue weighted by Crippen LogP contribution is -2.13. The van der Waals surface area contributed by atoms with E-state index in [2.05, 4.69) is 69.5 Å². The molecule has 0 amide bonds. The second kappa shape index (κ2) is 13.2. The van der Waals surface area contributed by atoms with Gasteiger partial charge in [-0.15, -0.1) is 0 Å². The summed E-state index contributed by atoms with van der Waals surface area (Å²) < 4.78 is 14.8. The molecule has 0 atom stereocenters. The van der Waals surface area contributed by atoms with Crippen LogP contribution in [-0.4, -0.2) is 50.7 Å². The van der Waals surface area contributed by atoms with Crippen molar-refractivity contribution >= 4 is 22.3 Å². The number of hydrogen-bond acceptors (Lipinski definition) is 5. The molecule has 0 aliphatic heterocycles. The number of anilines is 1. The quantitative estimate of drug-likeness (QED) is 0.128. The SMILES string of the molecule is C=C/C=C(/c1cc(F)cc(CCCN(C)C)c1)c1cc(-c2n[nH]c3ccc(-c4cncc(NC(=C)C(C)C)c4)nc23)[nH]c1C. The number of rotatable bonds is 12. The number of nitrogens with zero attached hydrogens (tertiary/aromatic N) is 4. The van der Waals surface area contributed by atoms with Gasteiger partial charge in [-0.05, 0) is 99.4 Å². The Morgan fingerprint density at radius 3 is 2.68 bits per heavy atom. The van der Waals surface area contributed by atoms with Crippen LogP contribution in [0.4, 0.5) is 10.1 Å². The molecule has 0 fully saturated rings. The maximum Gasteiger partial charge on any atom is 0.135 e. The van der Waals surface area contributed by atoms with Gasteiger partial charge >= 0.3 is 0 Å². The Balaban J connectivity index is 1.49. The molecule has 44 heavy (non-hydrogen) atoms. The Bertz CT molecular complexity index is 1840. The largest absolute Gasteiger partial charge is 0.358 e. The van der Waals surface area contributed by atoms with E-state index < -0.39 is 0 Å². The van der Waals surface area contributed by atoms with E-state index in [1.54, 1.807) is 30.6 Å². The third-order valence-corrected chi connectivity index (χ3v) is 7.63. The highest BCUT2D eigenvalue weighted by molar-refractivity contribution is 5.92. The normalized spacial score (nSPS) is 12.0. The number of aryl methyl sites for hydroxylation is 2. The Labute approximate surface area is 258 Å². The maximum absolute atomic E-state index is 14.8. The third-order valence-electron chi connectivity index (χ3n) is 7.63. The predicted octanol–water partition coefficient (Wildman–Crippen LogP) is 8.16. The molecule has 0 aliphatic carbocycles.